The predicted molar refractivity (Wildman–Crippen MR) is 55.4 cm³/mol. The van der Waals surface area contributed by atoms with E-state index in [1.807, 2.05) is 25.1 Å². The molecule has 0 N–H and O–H groups in total. The van der Waals surface area contributed by atoms with Gasteiger partial charge in [0.2, 0.25) is 0 Å². The Labute approximate surface area is 83.1 Å². The Hall–Kier alpha value is -1.67. The normalized spacial score (nSPS) is 9.29. The third-order valence-corrected chi connectivity index (χ3v) is 1.99. The Kier molecular flexibility index (Phi) is 3.83. The average molecular weight is 191 g/mol. The van der Waals surface area contributed by atoms with Gasteiger partial charge in [-0.25, -0.2) is 0 Å². The first-order valence-electron chi connectivity index (χ1n) is 4.42. The van der Waals surface area contributed by atoms with E-state index in [0.717, 1.165) is 16.9 Å². The van der Waals surface area contributed by atoms with Crippen molar-refractivity contribution in [1.29, 1.82) is 0 Å². The molecule has 0 aliphatic rings. The van der Waals surface area contributed by atoms with Crippen molar-refractivity contribution < 1.29 is 4.74 Å². The van der Waals surface area contributed by atoms with Crippen LogP contribution in [0.15, 0.2) is 23.3 Å². The molecular formula is C10H13N3O. The van der Waals surface area contributed by atoms with Crippen LogP contribution in [-0.2, 0) is 6.42 Å². The fourth-order valence-corrected chi connectivity index (χ4v) is 1.27. The number of hydrogen-bond acceptors (Lipinski definition) is 2. The van der Waals surface area contributed by atoms with Gasteiger partial charge in [-0.2, -0.15) is 0 Å². The van der Waals surface area contributed by atoms with Crippen molar-refractivity contribution in [3.63, 3.8) is 0 Å². The standard InChI is InChI=1S/C10H13N3O/c1-8-3-4-9(5-6-12-13-11)10(7-8)14-2/h3-4,7H,5-6H2,1-2H3. The summed E-state index contributed by atoms with van der Waals surface area (Å²) in [5, 5.41) is 3.49. The first kappa shape index (κ1) is 10.4. The summed E-state index contributed by atoms with van der Waals surface area (Å²) >= 11 is 0. The highest BCUT2D eigenvalue weighted by molar-refractivity contribution is 5.37. The molecule has 1 rings (SSSR count). The summed E-state index contributed by atoms with van der Waals surface area (Å²) < 4.78 is 5.22. The number of aryl methyl sites for hydroxylation is 1. The van der Waals surface area contributed by atoms with E-state index in [9.17, 15) is 0 Å². The molecule has 4 heteroatoms. The molecule has 0 atom stereocenters. The molecule has 1 aromatic rings. The fourth-order valence-electron chi connectivity index (χ4n) is 1.27. The molecule has 0 heterocycles. The Morgan fingerprint density at radius 3 is 2.93 bits per heavy atom. The second-order valence-electron chi connectivity index (χ2n) is 3.02. The zero-order valence-corrected chi connectivity index (χ0v) is 8.40. The molecule has 0 saturated heterocycles. The van der Waals surface area contributed by atoms with Crippen LogP contribution in [0.2, 0.25) is 0 Å². The van der Waals surface area contributed by atoms with E-state index in [1.54, 1.807) is 7.11 Å². The Morgan fingerprint density at radius 1 is 1.50 bits per heavy atom. The topological polar surface area (TPSA) is 58.0 Å². The molecular weight excluding hydrogens is 178 g/mol. The minimum atomic E-state index is 0.468. The lowest BCUT2D eigenvalue weighted by Crippen LogP contribution is -1.94. The number of methoxy groups -OCH3 is 1. The van der Waals surface area contributed by atoms with Crippen LogP contribution in [0.3, 0.4) is 0 Å². The zero-order valence-electron chi connectivity index (χ0n) is 8.40. The lowest BCUT2D eigenvalue weighted by atomic mass is 10.1. The number of azide groups is 1. The molecule has 0 bridgehead atoms. The van der Waals surface area contributed by atoms with Crippen molar-refractivity contribution in [3.05, 3.63) is 39.8 Å². The van der Waals surface area contributed by atoms with Gasteiger partial charge >= 0.3 is 0 Å². The fraction of sp³-hybridized carbons (Fsp3) is 0.400. The van der Waals surface area contributed by atoms with Crippen LogP contribution >= 0.6 is 0 Å². The summed E-state index contributed by atoms with van der Waals surface area (Å²) in [5.41, 5.74) is 10.4. The Morgan fingerprint density at radius 2 is 2.29 bits per heavy atom. The third kappa shape index (κ3) is 2.68. The predicted octanol–water partition coefficient (Wildman–Crippen LogP) is 2.86. The summed E-state index contributed by atoms with van der Waals surface area (Å²) in [5.74, 6) is 0.859. The number of benzene rings is 1. The molecule has 74 valence electrons. The van der Waals surface area contributed by atoms with E-state index in [-0.39, 0.29) is 0 Å². The monoisotopic (exact) mass is 191 g/mol. The highest BCUT2D eigenvalue weighted by Crippen LogP contribution is 2.20. The quantitative estimate of drug-likeness (QED) is 0.410. The maximum absolute atomic E-state index is 8.14. The molecule has 0 aliphatic heterocycles. The summed E-state index contributed by atoms with van der Waals surface area (Å²) in [6, 6.07) is 6.00. The molecule has 0 radical (unpaired) electrons. The minimum absolute atomic E-state index is 0.468. The molecule has 1 aromatic carbocycles. The van der Waals surface area contributed by atoms with Crippen molar-refractivity contribution in [2.45, 2.75) is 13.3 Å². The van der Waals surface area contributed by atoms with Crippen molar-refractivity contribution in [3.8, 4) is 5.75 Å². The summed E-state index contributed by atoms with van der Waals surface area (Å²) in [6.45, 7) is 2.48. The van der Waals surface area contributed by atoms with Gasteiger partial charge in [-0.05, 0) is 36.1 Å². The van der Waals surface area contributed by atoms with Crippen molar-refractivity contribution in [2.75, 3.05) is 13.7 Å². The average Bonchev–Trinajstić information content (AvgIpc) is 2.20. The molecule has 0 fully saturated rings. The number of nitrogens with zero attached hydrogens (tertiary/aromatic N) is 3. The SMILES string of the molecule is COc1cc(C)ccc1CCN=[N+]=[N-]. The van der Waals surface area contributed by atoms with E-state index < -0.39 is 0 Å². The molecule has 0 unspecified atom stereocenters. The molecule has 0 aromatic heterocycles. The van der Waals surface area contributed by atoms with Gasteiger partial charge in [0.15, 0.2) is 0 Å². The second-order valence-corrected chi connectivity index (χ2v) is 3.02. The number of hydrogen-bond donors (Lipinski definition) is 0. The van der Waals surface area contributed by atoms with Gasteiger partial charge in [0, 0.05) is 11.5 Å². The molecule has 14 heavy (non-hydrogen) atoms. The van der Waals surface area contributed by atoms with Crippen LogP contribution in [-0.4, -0.2) is 13.7 Å². The molecule has 0 aliphatic carbocycles. The van der Waals surface area contributed by atoms with Crippen LogP contribution in [0.25, 0.3) is 10.4 Å². The summed E-state index contributed by atoms with van der Waals surface area (Å²) in [4.78, 5) is 2.71. The van der Waals surface area contributed by atoms with E-state index >= 15 is 0 Å². The molecule has 0 saturated carbocycles. The van der Waals surface area contributed by atoms with Gasteiger partial charge in [-0.15, -0.1) is 0 Å². The maximum Gasteiger partial charge on any atom is 0.122 e. The van der Waals surface area contributed by atoms with Gasteiger partial charge in [0.25, 0.3) is 0 Å². The van der Waals surface area contributed by atoms with Crippen LogP contribution in [0, 0.1) is 6.92 Å². The van der Waals surface area contributed by atoms with Crippen molar-refractivity contribution in [2.24, 2.45) is 5.11 Å². The van der Waals surface area contributed by atoms with Crippen molar-refractivity contribution in [1.82, 2.24) is 0 Å². The van der Waals surface area contributed by atoms with Crippen LogP contribution in [0.4, 0.5) is 0 Å². The van der Waals surface area contributed by atoms with E-state index in [4.69, 9.17) is 10.3 Å². The number of ether oxygens (including phenoxy) is 1. The summed E-state index contributed by atoms with van der Waals surface area (Å²) in [6.07, 6.45) is 0.716. The lowest BCUT2D eigenvalue weighted by molar-refractivity contribution is 0.409. The third-order valence-electron chi connectivity index (χ3n) is 1.99. The van der Waals surface area contributed by atoms with E-state index in [1.165, 1.54) is 0 Å². The van der Waals surface area contributed by atoms with E-state index in [0.29, 0.717) is 13.0 Å². The highest BCUT2D eigenvalue weighted by Gasteiger charge is 2.01. The second kappa shape index (κ2) is 5.14. The molecule has 0 amide bonds. The van der Waals surface area contributed by atoms with Crippen LogP contribution < -0.4 is 4.74 Å². The van der Waals surface area contributed by atoms with Gasteiger partial charge in [-0.1, -0.05) is 17.2 Å². The molecule has 0 spiro atoms. The van der Waals surface area contributed by atoms with Gasteiger partial charge in [0.1, 0.15) is 5.75 Å². The first-order chi connectivity index (χ1) is 6.77. The maximum atomic E-state index is 8.14. The first-order valence-corrected chi connectivity index (χ1v) is 4.42. The van der Waals surface area contributed by atoms with Crippen molar-refractivity contribution >= 4 is 0 Å². The minimum Gasteiger partial charge on any atom is -0.496 e. The Bertz CT molecular complexity index is 356. The largest absolute Gasteiger partial charge is 0.496 e. The highest BCUT2D eigenvalue weighted by atomic mass is 16.5. The van der Waals surface area contributed by atoms with Crippen LogP contribution in [0.5, 0.6) is 5.75 Å². The number of rotatable bonds is 4. The molecule has 4 nitrogen and oxygen atoms in total. The zero-order chi connectivity index (χ0) is 10.4. The van der Waals surface area contributed by atoms with Gasteiger partial charge in [0.05, 0.1) is 7.11 Å². The van der Waals surface area contributed by atoms with Gasteiger partial charge in [-0.3, -0.25) is 0 Å². The van der Waals surface area contributed by atoms with Gasteiger partial charge < -0.3 is 4.74 Å². The summed E-state index contributed by atoms with van der Waals surface area (Å²) in [7, 11) is 1.64. The van der Waals surface area contributed by atoms with Crippen LogP contribution in [0.1, 0.15) is 11.1 Å². The smallest absolute Gasteiger partial charge is 0.122 e. The Balaban J connectivity index is 2.79. The van der Waals surface area contributed by atoms with E-state index in [2.05, 4.69) is 10.0 Å². The lowest BCUT2D eigenvalue weighted by Gasteiger charge is -2.07.